The van der Waals surface area contributed by atoms with E-state index in [0.29, 0.717) is 29.6 Å². The first-order chi connectivity index (χ1) is 16.0. The number of fused-ring (bicyclic) bond motifs is 3. The van der Waals surface area contributed by atoms with Crippen LogP contribution in [0.2, 0.25) is 0 Å². The Balaban J connectivity index is 1.33. The van der Waals surface area contributed by atoms with Gasteiger partial charge in [0.15, 0.2) is 0 Å². The van der Waals surface area contributed by atoms with Crippen LogP contribution in [0.4, 0.5) is 11.4 Å². The van der Waals surface area contributed by atoms with Crippen molar-refractivity contribution in [3.8, 4) is 0 Å². The predicted molar refractivity (Wildman–Crippen MR) is 135 cm³/mol. The molecule has 2 N–H and O–H groups in total. The number of aryl methyl sites for hydroxylation is 1. The van der Waals surface area contributed by atoms with Crippen LogP contribution in [0, 0.1) is 5.92 Å². The van der Waals surface area contributed by atoms with Gasteiger partial charge in [0.25, 0.3) is 0 Å². The van der Waals surface area contributed by atoms with Crippen LogP contribution < -0.4 is 10.6 Å². The van der Waals surface area contributed by atoms with Gasteiger partial charge in [0.05, 0.1) is 5.75 Å². The molecule has 5 rings (SSSR count). The van der Waals surface area contributed by atoms with Crippen molar-refractivity contribution in [3.63, 3.8) is 0 Å². The summed E-state index contributed by atoms with van der Waals surface area (Å²) in [5.41, 5.74) is 2.75. The Kier molecular flexibility index (Phi) is 6.38. The minimum atomic E-state index is -0.0866. The molecule has 0 spiro atoms. The SMILES string of the molecule is CCC(=O)Nc1cccc(NC(=O)CSc2nc(C3CC3)nc3sc4c(c23)CC[C@@H](C)C4)c1. The summed E-state index contributed by atoms with van der Waals surface area (Å²) in [5, 5.41) is 7.90. The van der Waals surface area contributed by atoms with E-state index in [1.165, 1.54) is 34.0 Å². The normalized spacial score (nSPS) is 17.6. The molecule has 2 aliphatic rings. The van der Waals surface area contributed by atoms with E-state index < -0.39 is 0 Å². The highest BCUT2D eigenvalue weighted by Gasteiger charge is 2.30. The molecule has 1 aromatic carbocycles. The highest BCUT2D eigenvalue weighted by Crippen LogP contribution is 2.44. The zero-order valence-electron chi connectivity index (χ0n) is 18.9. The van der Waals surface area contributed by atoms with Crippen molar-refractivity contribution in [3.05, 3.63) is 40.5 Å². The second-order valence-corrected chi connectivity index (χ2v) is 11.1. The third-order valence-corrected chi connectivity index (χ3v) is 8.30. The zero-order valence-corrected chi connectivity index (χ0v) is 20.6. The number of benzene rings is 1. The maximum absolute atomic E-state index is 12.8. The molecule has 3 aromatic rings. The van der Waals surface area contributed by atoms with Crippen LogP contribution >= 0.6 is 23.1 Å². The quantitative estimate of drug-likeness (QED) is 0.331. The van der Waals surface area contributed by atoms with Gasteiger partial charge in [0.2, 0.25) is 11.8 Å². The molecule has 33 heavy (non-hydrogen) atoms. The molecule has 2 aromatic heterocycles. The van der Waals surface area contributed by atoms with Gasteiger partial charge in [-0.3, -0.25) is 9.59 Å². The van der Waals surface area contributed by atoms with Gasteiger partial charge in [0, 0.05) is 34.0 Å². The van der Waals surface area contributed by atoms with Crippen LogP contribution in [0.3, 0.4) is 0 Å². The van der Waals surface area contributed by atoms with Gasteiger partial charge in [-0.05, 0) is 61.8 Å². The maximum Gasteiger partial charge on any atom is 0.234 e. The Bertz CT molecular complexity index is 1220. The standard InChI is InChI=1S/C25H28N4O2S2/c1-3-20(30)26-16-5-4-6-17(12-16)27-21(31)13-32-24-22-18-10-7-14(2)11-19(18)33-25(22)29-23(28-24)15-8-9-15/h4-6,12,14-15H,3,7-11,13H2,1-2H3,(H,26,30)(H,27,31)/t14-/m1/s1. The van der Waals surface area contributed by atoms with E-state index >= 15 is 0 Å². The lowest BCUT2D eigenvalue weighted by molar-refractivity contribution is -0.116. The largest absolute Gasteiger partial charge is 0.326 e. The summed E-state index contributed by atoms with van der Waals surface area (Å²) < 4.78 is 0. The fourth-order valence-corrected chi connectivity index (χ4v) is 6.52. The fourth-order valence-electron chi connectivity index (χ4n) is 4.21. The molecule has 0 unspecified atom stereocenters. The molecule has 0 bridgehead atoms. The summed E-state index contributed by atoms with van der Waals surface area (Å²) in [6.45, 7) is 4.12. The molecule has 1 saturated carbocycles. The van der Waals surface area contributed by atoms with Gasteiger partial charge < -0.3 is 10.6 Å². The second-order valence-electron chi connectivity index (χ2n) is 9.01. The van der Waals surface area contributed by atoms with E-state index in [0.717, 1.165) is 41.4 Å². The van der Waals surface area contributed by atoms with Crippen LogP contribution in [0.25, 0.3) is 10.2 Å². The Labute approximate surface area is 202 Å². The molecule has 1 atom stereocenters. The van der Waals surface area contributed by atoms with Crippen molar-refractivity contribution in [2.75, 3.05) is 16.4 Å². The summed E-state index contributed by atoms with van der Waals surface area (Å²) in [4.78, 5) is 36.8. The van der Waals surface area contributed by atoms with Gasteiger partial charge >= 0.3 is 0 Å². The number of aromatic nitrogens is 2. The summed E-state index contributed by atoms with van der Waals surface area (Å²) in [7, 11) is 0. The number of hydrogen-bond acceptors (Lipinski definition) is 6. The Morgan fingerprint density at radius 1 is 1.12 bits per heavy atom. The average molecular weight is 481 g/mol. The molecular weight excluding hydrogens is 452 g/mol. The van der Waals surface area contributed by atoms with Gasteiger partial charge in [-0.15, -0.1) is 11.3 Å². The molecule has 6 nitrogen and oxygen atoms in total. The number of nitrogens with one attached hydrogen (secondary N) is 2. The van der Waals surface area contributed by atoms with Crippen LogP contribution in [-0.4, -0.2) is 27.5 Å². The minimum absolute atomic E-state index is 0.0539. The fraction of sp³-hybridized carbons (Fsp3) is 0.440. The lowest BCUT2D eigenvalue weighted by atomic mass is 9.89. The lowest BCUT2D eigenvalue weighted by Gasteiger charge is -2.18. The first-order valence-electron chi connectivity index (χ1n) is 11.6. The van der Waals surface area contributed by atoms with Gasteiger partial charge in [0.1, 0.15) is 15.7 Å². The van der Waals surface area contributed by atoms with Crippen LogP contribution in [-0.2, 0) is 22.4 Å². The molecule has 172 valence electrons. The lowest BCUT2D eigenvalue weighted by Crippen LogP contribution is -2.15. The van der Waals surface area contributed by atoms with Crippen molar-refractivity contribution in [2.24, 2.45) is 5.92 Å². The van der Waals surface area contributed by atoms with E-state index in [9.17, 15) is 9.59 Å². The van der Waals surface area contributed by atoms with E-state index in [4.69, 9.17) is 9.97 Å². The third-order valence-electron chi connectivity index (χ3n) is 6.17. The van der Waals surface area contributed by atoms with Crippen molar-refractivity contribution in [1.29, 1.82) is 0 Å². The molecule has 0 aliphatic heterocycles. The second kappa shape index (κ2) is 9.43. The van der Waals surface area contributed by atoms with E-state index in [1.54, 1.807) is 6.07 Å². The minimum Gasteiger partial charge on any atom is -0.326 e. The molecule has 0 radical (unpaired) electrons. The Morgan fingerprint density at radius 3 is 2.61 bits per heavy atom. The number of thiophene rings is 1. The summed E-state index contributed by atoms with van der Waals surface area (Å²) in [5.74, 6) is 2.26. The molecule has 2 aliphatic carbocycles. The van der Waals surface area contributed by atoms with E-state index in [-0.39, 0.29) is 17.6 Å². The molecule has 2 amide bonds. The third kappa shape index (κ3) is 5.06. The van der Waals surface area contributed by atoms with Crippen LogP contribution in [0.5, 0.6) is 0 Å². The maximum atomic E-state index is 12.8. The molecule has 1 fully saturated rings. The van der Waals surface area contributed by atoms with E-state index in [1.807, 2.05) is 36.5 Å². The monoisotopic (exact) mass is 480 g/mol. The smallest absolute Gasteiger partial charge is 0.234 e. The Hall–Kier alpha value is -2.45. The average Bonchev–Trinajstić information content (AvgIpc) is 3.58. The first kappa shape index (κ1) is 22.3. The zero-order chi connectivity index (χ0) is 22.9. The number of hydrogen-bond donors (Lipinski definition) is 2. The van der Waals surface area contributed by atoms with Gasteiger partial charge in [-0.25, -0.2) is 9.97 Å². The molecule has 0 saturated heterocycles. The number of anilines is 2. The van der Waals surface area contributed by atoms with Crippen molar-refractivity contribution in [2.45, 2.75) is 63.3 Å². The van der Waals surface area contributed by atoms with Crippen molar-refractivity contribution < 1.29 is 9.59 Å². The number of amides is 2. The first-order valence-corrected chi connectivity index (χ1v) is 13.4. The highest BCUT2D eigenvalue weighted by molar-refractivity contribution is 8.00. The predicted octanol–water partition coefficient (Wildman–Crippen LogP) is 5.77. The van der Waals surface area contributed by atoms with Crippen molar-refractivity contribution >= 4 is 56.5 Å². The molecular formula is C25H28N4O2S2. The Morgan fingerprint density at radius 2 is 1.88 bits per heavy atom. The molecule has 2 heterocycles. The van der Waals surface area contributed by atoms with Gasteiger partial charge in [-0.1, -0.05) is 31.7 Å². The van der Waals surface area contributed by atoms with Crippen molar-refractivity contribution in [1.82, 2.24) is 9.97 Å². The topological polar surface area (TPSA) is 84.0 Å². The van der Waals surface area contributed by atoms with Crippen LogP contribution in [0.15, 0.2) is 29.3 Å². The van der Waals surface area contributed by atoms with Gasteiger partial charge in [-0.2, -0.15) is 0 Å². The summed E-state index contributed by atoms with van der Waals surface area (Å²) >= 11 is 3.33. The number of carbonyl (C=O) groups excluding carboxylic acids is 2. The van der Waals surface area contributed by atoms with E-state index in [2.05, 4.69) is 17.6 Å². The summed E-state index contributed by atoms with van der Waals surface area (Å²) in [6.07, 6.45) is 6.10. The molecule has 8 heteroatoms. The number of carbonyl (C=O) groups is 2. The van der Waals surface area contributed by atoms with Crippen LogP contribution in [0.1, 0.15) is 61.7 Å². The summed E-state index contributed by atoms with van der Waals surface area (Å²) in [6, 6.07) is 7.24. The number of rotatable bonds is 7. The highest BCUT2D eigenvalue weighted by atomic mass is 32.2. The number of nitrogens with zero attached hydrogens (tertiary/aromatic N) is 2. The number of thioether (sulfide) groups is 1.